The van der Waals surface area contributed by atoms with Crippen molar-refractivity contribution in [3.8, 4) is 0 Å². The first-order chi connectivity index (χ1) is 22.1. The van der Waals surface area contributed by atoms with E-state index in [1.807, 2.05) is 31.4 Å². The maximum Gasteiger partial charge on any atom is 0.351 e. The summed E-state index contributed by atoms with van der Waals surface area (Å²) in [5.41, 5.74) is -0.133. The van der Waals surface area contributed by atoms with Gasteiger partial charge in [-0.3, -0.25) is 9.36 Å². The van der Waals surface area contributed by atoms with Crippen LogP contribution in [0.2, 0.25) is 5.04 Å². The van der Waals surface area contributed by atoms with Gasteiger partial charge in [0.25, 0.3) is 14.2 Å². The Labute approximate surface area is 279 Å². The molecule has 0 bridgehead atoms. The Bertz CT molecular complexity index is 1600. The van der Waals surface area contributed by atoms with Gasteiger partial charge in [-0.05, 0) is 46.8 Å². The average molecular weight is 676 g/mol. The zero-order valence-electron chi connectivity index (χ0n) is 26.8. The van der Waals surface area contributed by atoms with Gasteiger partial charge in [-0.2, -0.15) is 4.98 Å². The van der Waals surface area contributed by atoms with Crippen molar-refractivity contribution in [1.29, 1.82) is 0 Å². The summed E-state index contributed by atoms with van der Waals surface area (Å²) in [5, 5.41) is 4.87. The number of benzene rings is 3. The second-order valence-electron chi connectivity index (χ2n) is 12.2. The summed E-state index contributed by atoms with van der Waals surface area (Å²) < 4.78 is 21.8. The maximum atomic E-state index is 13.2. The van der Waals surface area contributed by atoms with Gasteiger partial charge in [0.2, 0.25) is 0 Å². The summed E-state index contributed by atoms with van der Waals surface area (Å²) in [6, 6.07) is 31.4. The molecule has 4 aromatic rings. The molecule has 1 aliphatic rings. The lowest BCUT2D eigenvalue weighted by Gasteiger charge is -2.43. The molecule has 3 aromatic carbocycles. The number of ether oxygens (including phenoxy) is 2. The fraction of sp³-hybridized carbons (Fsp3) is 0.343. The quantitative estimate of drug-likeness (QED) is 0.109. The van der Waals surface area contributed by atoms with E-state index in [0.717, 1.165) is 0 Å². The third kappa shape index (κ3) is 7.67. The van der Waals surface area contributed by atoms with Gasteiger partial charge < -0.3 is 19.2 Å². The second-order valence-corrected chi connectivity index (χ2v) is 19.2. The van der Waals surface area contributed by atoms with Crippen LogP contribution in [0.15, 0.2) is 108 Å². The first-order valence-corrected chi connectivity index (χ1v) is 19.9. The van der Waals surface area contributed by atoms with Crippen LogP contribution >= 0.6 is 21.6 Å². The molecule has 1 aromatic heterocycles. The number of aromatic nitrogens is 2. The van der Waals surface area contributed by atoms with Gasteiger partial charge in [-0.25, -0.2) is 4.79 Å². The van der Waals surface area contributed by atoms with E-state index < -0.39 is 26.3 Å². The number of rotatable bonds is 12. The number of carbonyl (C=O) groups excluding carboxylic acids is 1. The van der Waals surface area contributed by atoms with Gasteiger partial charge >= 0.3 is 5.69 Å². The van der Waals surface area contributed by atoms with Crippen LogP contribution in [0.25, 0.3) is 0 Å². The molecule has 1 unspecified atom stereocenters. The van der Waals surface area contributed by atoms with Gasteiger partial charge in [-0.15, -0.1) is 0 Å². The maximum absolute atomic E-state index is 13.2. The number of anilines is 1. The molecule has 5 rings (SSSR count). The summed E-state index contributed by atoms with van der Waals surface area (Å²) in [7, 11) is 0.443. The van der Waals surface area contributed by atoms with Gasteiger partial charge in [-0.1, -0.05) is 121 Å². The van der Waals surface area contributed by atoms with E-state index in [2.05, 4.69) is 79.6 Å². The molecule has 4 atom stereocenters. The predicted molar refractivity (Wildman–Crippen MR) is 190 cm³/mol. The normalized spacial score (nSPS) is 19.1. The number of hydrogen-bond donors (Lipinski definition) is 1. The van der Waals surface area contributed by atoms with E-state index in [9.17, 15) is 9.59 Å². The lowest BCUT2D eigenvalue weighted by Crippen LogP contribution is -2.67. The minimum atomic E-state index is -2.83. The molecule has 0 aliphatic carbocycles. The average Bonchev–Trinajstić information content (AvgIpc) is 3.44. The fourth-order valence-electron chi connectivity index (χ4n) is 6.02. The summed E-state index contributed by atoms with van der Waals surface area (Å²) in [4.78, 5) is 30.0. The highest BCUT2D eigenvalue weighted by molar-refractivity contribution is 8.76. The van der Waals surface area contributed by atoms with Gasteiger partial charge in [0, 0.05) is 18.2 Å². The van der Waals surface area contributed by atoms with Crippen molar-refractivity contribution >= 4 is 52.0 Å². The number of hydrogen-bond acceptors (Lipinski definition) is 8. The van der Waals surface area contributed by atoms with Crippen molar-refractivity contribution in [3.63, 3.8) is 0 Å². The molecule has 1 saturated heterocycles. The second kappa shape index (κ2) is 15.1. The van der Waals surface area contributed by atoms with E-state index in [0.29, 0.717) is 18.6 Å². The SMILES string of the molecule is CSS[C@H](C)OC1C[C@H](n2ccc(NC(=O)c3ccccc3)nc2=O)O[C@@H]1CO[Si](c1ccccc1)(c1ccccc1)C(C)(C)C. The van der Waals surface area contributed by atoms with Crippen LogP contribution in [0.5, 0.6) is 0 Å². The Balaban J connectivity index is 1.41. The lowest BCUT2D eigenvalue weighted by atomic mass is 10.2. The highest BCUT2D eigenvalue weighted by Gasteiger charge is 2.51. The number of carbonyl (C=O) groups is 1. The van der Waals surface area contributed by atoms with Gasteiger partial charge in [0.15, 0.2) is 0 Å². The lowest BCUT2D eigenvalue weighted by molar-refractivity contribution is -0.0615. The van der Waals surface area contributed by atoms with Gasteiger partial charge in [0.1, 0.15) is 23.6 Å². The van der Waals surface area contributed by atoms with Crippen LogP contribution in [0, 0.1) is 0 Å². The van der Waals surface area contributed by atoms with Crippen LogP contribution in [0.1, 0.15) is 50.7 Å². The van der Waals surface area contributed by atoms with E-state index >= 15 is 0 Å². The van der Waals surface area contributed by atoms with Crippen molar-refractivity contribution < 1.29 is 18.7 Å². The third-order valence-electron chi connectivity index (χ3n) is 8.08. The molecular weight excluding hydrogens is 635 g/mol. The summed E-state index contributed by atoms with van der Waals surface area (Å²) in [5.74, 6) is -0.158. The number of nitrogens with one attached hydrogen (secondary N) is 1. The van der Waals surface area contributed by atoms with Crippen molar-refractivity contribution in [1.82, 2.24) is 9.55 Å². The van der Waals surface area contributed by atoms with Crippen LogP contribution in [-0.4, -0.2) is 54.3 Å². The molecule has 46 heavy (non-hydrogen) atoms. The predicted octanol–water partition coefficient (Wildman–Crippen LogP) is 6.10. The van der Waals surface area contributed by atoms with Crippen molar-refractivity contribution in [3.05, 3.63) is 119 Å². The molecule has 242 valence electrons. The number of amides is 1. The Kier molecular flexibility index (Phi) is 11.2. The molecule has 0 radical (unpaired) electrons. The van der Waals surface area contributed by atoms with Crippen molar-refractivity contribution in [2.75, 3.05) is 18.2 Å². The first-order valence-electron chi connectivity index (χ1n) is 15.3. The summed E-state index contributed by atoms with van der Waals surface area (Å²) in [6.07, 6.45) is 2.73. The van der Waals surface area contributed by atoms with Crippen molar-refractivity contribution in [2.45, 2.75) is 63.0 Å². The van der Waals surface area contributed by atoms with E-state index in [1.54, 1.807) is 58.1 Å². The van der Waals surface area contributed by atoms with E-state index in [1.165, 1.54) is 14.9 Å². The molecular formula is C35H41N3O5S2Si. The highest BCUT2D eigenvalue weighted by Crippen LogP contribution is 2.39. The molecule has 2 heterocycles. The topological polar surface area (TPSA) is 91.7 Å². The first kappa shape index (κ1) is 34.1. The molecule has 1 amide bonds. The molecule has 8 nitrogen and oxygen atoms in total. The minimum absolute atomic E-state index is 0.0943. The van der Waals surface area contributed by atoms with Crippen LogP contribution in [-0.2, 0) is 13.9 Å². The monoisotopic (exact) mass is 675 g/mol. The number of nitrogens with zero attached hydrogens (tertiary/aromatic N) is 2. The minimum Gasteiger partial charge on any atom is -0.405 e. The smallest absolute Gasteiger partial charge is 0.351 e. The summed E-state index contributed by atoms with van der Waals surface area (Å²) >= 11 is 0. The van der Waals surface area contributed by atoms with E-state index in [4.69, 9.17) is 13.9 Å². The molecule has 1 aliphatic heterocycles. The standard InChI is InChI=1S/C35H41N3O5S2Si/c1-25(45-44-5)42-29-23-32(38-22-21-31(37-34(38)40)36-33(39)26-15-9-6-10-16-26)43-30(29)24-41-46(35(2,3)4,27-17-11-7-12-18-27)28-19-13-8-14-20-28/h6-22,25,29-30,32H,23-24H2,1-5H3,(H,36,37,39,40)/t25-,29?,30-,32-/m1/s1. The highest BCUT2D eigenvalue weighted by atomic mass is 33.1. The third-order valence-corrected chi connectivity index (χ3v) is 15.0. The molecule has 0 spiro atoms. The zero-order valence-corrected chi connectivity index (χ0v) is 29.4. The molecule has 11 heteroatoms. The Hall–Kier alpha value is -3.19. The molecule has 0 saturated carbocycles. The zero-order chi connectivity index (χ0) is 32.7. The van der Waals surface area contributed by atoms with Crippen LogP contribution in [0.4, 0.5) is 5.82 Å². The van der Waals surface area contributed by atoms with Crippen LogP contribution in [0.3, 0.4) is 0 Å². The van der Waals surface area contributed by atoms with Crippen molar-refractivity contribution in [2.24, 2.45) is 0 Å². The summed E-state index contributed by atoms with van der Waals surface area (Å²) in [6.45, 7) is 9.04. The Morgan fingerprint density at radius 1 is 1.00 bits per heavy atom. The van der Waals surface area contributed by atoms with Gasteiger partial charge in [0.05, 0.1) is 12.7 Å². The molecule has 1 N–H and O–H groups in total. The van der Waals surface area contributed by atoms with E-state index in [-0.39, 0.29) is 28.3 Å². The Morgan fingerprint density at radius 3 is 2.13 bits per heavy atom. The molecule has 1 fully saturated rings. The largest absolute Gasteiger partial charge is 0.405 e. The Morgan fingerprint density at radius 2 is 1.59 bits per heavy atom. The van der Waals surface area contributed by atoms with Crippen LogP contribution < -0.4 is 21.4 Å². The fourth-order valence-corrected chi connectivity index (χ4v) is 12.0.